The molecule has 1 fully saturated rings. The smallest absolute Gasteiger partial charge is 0.255 e. The molecule has 1 saturated heterocycles. The molecule has 160 valence electrons. The average molecular weight is 455 g/mol. The SMILES string of the molecule is Cl.O=C(Nc1ccc(C(=O)C2CCCNC2)cc1)c1ccc(-c2ccccc2)c(Cl)c1. The van der Waals surface area contributed by atoms with Gasteiger partial charge in [0.25, 0.3) is 5.91 Å². The Morgan fingerprint density at radius 3 is 2.29 bits per heavy atom. The summed E-state index contributed by atoms with van der Waals surface area (Å²) in [5.74, 6) is -0.0557. The molecule has 1 unspecified atom stereocenters. The number of piperidine rings is 1. The minimum Gasteiger partial charge on any atom is -0.322 e. The molecule has 1 atom stereocenters. The first-order valence-corrected chi connectivity index (χ1v) is 10.5. The van der Waals surface area contributed by atoms with E-state index in [1.54, 1.807) is 36.4 Å². The first-order chi connectivity index (χ1) is 14.6. The van der Waals surface area contributed by atoms with E-state index in [9.17, 15) is 9.59 Å². The Labute approximate surface area is 193 Å². The van der Waals surface area contributed by atoms with Crippen LogP contribution in [-0.2, 0) is 0 Å². The molecule has 0 radical (unpaired) electrons. The average Bonchev–Trinajstić information content (AvgIpc) is 2.80. The molecule has 0 bridgehead atoms. The van der Waals surface area contributed by atoms with Gasteiger partial charge in [-0.15, -0.1) is 12.4 Å². The number of hydrogen-bond acceptors (Lipinski definition) is 3. The first-order valence-electron chi connectivity index (χ1n) is 10.1. The molecule has 1 aliphatic heterocycles. The van der Waals surface area contributed by atoms with Crippen LogP contribution in [0.5, 0.6) is 0 Å². The van der Waals surface area contributed by atoms with E-state index in [0.717, 1.165) is 37.1 Å². The highest BCUT2D eigenvalue weighted by Gasteiger charge is 2.22. The van der Waals surface area contributed by atoms with E-state index in [1.165, 1.54) is 0 Å². The van der Waals surface area contributed by atoms with Crippen LogP contribution in [0.15, 0.2) is 72.8 Å². The predicted octanol–water partition coefficient (Wildman–Crippen LogP) is 5.86. The number of halogens is 2. The number of nitrogens with one attached hydrogen (secondary N) is 2. The van der Waals surface area contributed by atoms with Gasteiger partial charge in [-0.1, -0.05) is 48.0 Å². The summed E-state index contributed by atoms with van der Waals surface area (Å²) in [5, 5.41) is 6.66. The molecule has 3 aromatic carbocycles. The van der Waals surface area contributed by atoms with Crippen molar-refractivity contribution in [1.29, 1.82) is 0 Å². The zero-order valence-corrected chi connectivity index (χ0v) is 18.5. The molecule has 1 aliphatic rings. The zero-order chi connectivity index (χ0) is 20.9. The maximum atomic E-state index is 12.6. The summed E-state index contributed by atoms with van der Waals surface area (Å²) in [5.41, 5.74) is 3.68. The van der Waals surface area contributed by atoms with Gasteiger partial charge in [0.2, 0.25) is 0 Å². The third-order valence-corrected chi connectivity index (χ3v) is 5.72. The van der Waals surface area contributed by atoms with Crippen LogP contribution in [0.1, 0.15) is 33.6 Å². The summed E-state index contributed by atoms with van der Waals surface area (Å²) >= 11 is 6.42. The number of hydrogen-bond donors (Lipinski definition) is 2. The van der Waals surface area contributed by atoms with Crippen molar-refractivity contribution < 1.29 is 9.59 Å². The lowest BCUT2D eigenvalue weighted by atomic mass is 9.91. The largest absolute Gasteiger partial charge is 0.322 e. The monoisotopic (exact) mass is 454 g/mol. The van der Waals surface area contributed by atoms with E-state index >= 15 is 0 Å². The topological polar surface area (TPSA) is 58.2 Å². The lowest BCUT2D eigenvalue weighted by Gasteiger charge is -2.21. The Morgan fingerprint density at radius 1 is 0.935 bits per heavy atom. The number of ketones is 1. The first kappa shape index (κ1) is 23.0. The number of carbonyl (C=O) groups excluding carboxylic acids is 2. The summed E-state index contributed by atoms with van der Waals surface area (Å²) < 4.78 is 0. The molecule has 1 heterocycles. The second-order valence-corrected chi connectivity index (χ2v) is 7.91. The normalized spacial score (nSPS) is 15.6. The van der Waals surface area contributed by atoms with Crippen LogP contribution < -0.4 is 10.6 Å². The molecular formula is C25H24Cl2N2O2. The van der Waals surface area contributed by atoms with E-state index in [1.807, 2.05) is 36.4 Å². The van der Waals surface area contributed by atoms with Crippen molar-refractivity contribution in [3.05, 3.63) is 88.9 Å². The lowest BCUT2D eigenvalue weighted by Crippen LogP contribution is -2.34. The Morgan fingerprint density at radius 2 is 1.65 bits per heavy atom. The van der Waals surface area contributed by atoms with Gasteiger partial charge in [0.1, 0.15) is 0 Å². The molecule has 6 heteroatoms. The molecule has 0 aromatic heterocycles. The van der Waals surface area contributed by atoms with Crippen LogP contribution in [0, 0.1) is 5.92 Å². The van der Waals surface area contributed by atoms with Gasteiger partial charge in [0.15, 0.2) is 5.78 Å². The van der Waals surface area contributed by atoms with Crippen molar-refractivity contribution in [2.75, 3.05) is 18.4 Å². The lowest BCUT2D eigenvalue weighted by molar-refractivity contribution is 0.0899. The van der Waals surface area contributed by atoms with Crippen molar-refractivity contribution in [3.63, 3.8) is 0 Å². The van der Waals surface area contributed by atoms with Gasteiger partial charge in [0, 0.05) is 39.9 Å². The number of rotatable bonds is 5. The van der Waals surface area contributed by atoms with Crippen LogP contribution in [0.2, 0.25) is 5.02 Å². The fourth-order valence-electron chi connectivity index (χ4n) is 3.74. The van der Waals surface area contributed by atoms with Crippen LogP contribution in [0.25, 0.3) is 11.1 Å². The molecule has 0 aliphatic carbocycles. The van der Waals surface area contributed by atoms with E-state index in [4.69, 9.17) is 11.6 Å². The molecule has 3 aromatic rings. The van der Waals surface area contributed by atoms with Crippen molar-refractivity contribution in [1.82, 2.24) is 5.32 Å². The van der Waals surface area contributed by atoms with E-state index in [0.29, 0.717) is 21.8 Å². The van der Waals surface area contributed by atoms with Gasteiger partial charge >= 0.3 is 0 Å². The van der Waals surface area contributed by atoms with Gasteiger partial charge < -0.3 is 10.6 Å². The molecule has 31 heavy (non-hydrogen) atoms. The molecule has 4 nitrogen and oxygen atoms in total. The van der Waals surface area contributed by atoms with Gasteiger partial charge in [-0.05, 0) is 61.3 Å². The van der Waals surface area contributed by atoms with Gasteiger partial charge in [-0.3, -0.25) is 9.59 Å². The van der Waals surface area contributed by atoms with Crippen molar-refractivity contribution >= 4 is 41.4 Å². The molecule has 0 saturated carbocycles. The summed E-state index contributed by atoms with van der Waals surface area (Å²) in [4.78, 5) is 25.2. The van der Waals surface area contributed by atoms with Gasteiger partial charge in [-0.25, -0.2) is 0 Å². The van der Waals surface area contributed by atoms with Crippen LogP contribution in [-0.4, -0.2) is 24.8 Å². The fraction of sp³-hybridized carbons (Fsp3) is 0.200. The number of benzene rings is 3. The van der Waals surface area contributed by atoms with E-state index < -0.39 is 0 Å². The van der Waals surface area contributed by atoms with Crippen molar-refractivity contribution in [2.45, 2.75) is 12.8 Å². The summed E-state index contributed by atoms with van der Waals surface area (Å²) in [7, 11) is 0. The predicted molar refractivity (Wildman–Crippen MR) is 128 cm³/mol. The van der Waals surface area contributed by atoms with Crippen molar-refractivity contribution in [3.8, 4) is 11.1 Å². The Kier molecular flexibility index (Phi) is 7.85. The molecule has 0 spiro atoms. The summed E-state index contributed by atoms with van der Waals surface area (Å²) in [6.45, 7) is 1.71. The summed E-state index contributed by atoms with van der Waals surface area (Å²) in [6, 6.07) is 22.2. The van der Waals surface area contributed by atoms with Gasteiger partial charge in [0.05, 0.1) is 0 Å². The number of anilines is 1. The highest BCUT2D eigenvalue weighted by Crippen LogP contribution is 2.29. The maximum absolute atomic E-state index is 12.6. The Hall–Kier alpha value is -2.66. The van der Waals surface area contributed by atoms with E-state index in [-0.39, 0.29) is 30.0 Å². The highest BCUT2D eigenvalue weighted by molar-refractivity contribution is 6.33. The van der Waals surface area contributed by atoms with E-state index in [2.05, 4.69) is 10.6 Å². The number of carbonyl (C=O) groups is 2. The zero-order valence-electron chi connectivity index (χ0n) is 16.9. The van der Waals surface area contributed by atoms with Gasteiger partial charge in [-0.2, -0.15) is 0 Å². The molecular weight excluding hydrogens is 431 g/mol. The second-order valence-electron chi connectivity index (χ2n) is 7.50. The highest BCUT2D eigenvalue weighted by atomic mass is 35.5. The van der Waals surface area contributed by atoms with Crippen LogP contribution in [0.4, 0.5) is 5.69 Å². The van der Waals surface area contributed by atoms with Crippen LogP contribution in [0.3, 0.4) is 0 Å². The second kappa shape index (κ2) is 10.6. The quantitative estimate of drug-likeness (QED) is 0.474. The minimum atomic E-state index is -0.243. The number of Topliss-reactive ketones (excluding diaryl/α,β-unsaturated/α-hetero) is 1. The standard InChI is InChI=1S/C25H23ClN2O2.ClH/c26-23-15-19(10-13-22(23)17-5-2-1-3-6-17)25(30)28-21-11-8-18(9-12-21)24(29)20-7-4-14-27-16-20;/h1-3,5-6,8-13,15,20,27H,4,7,14,16H2,(H,28,30);1H. The number of amides is 1. The van der Waals surface area contributed by atoms with Crippen molar-refractivity contribution in [2.24, 2.45) is 5.92 Å². The third-order valence-electron chi connectivity index (χ3n) is 5.41. The molecule has 4 rings (SSSR count). The summed E-state index contributed by atoms with van der Waals surface area (Å²) in [6.07, 6.45) is 1.94. The van der Waals surface area contributed by atoms with Crippen LogP contribution >= 0.6 is 24.0 Å². The Bertz CT molecular complexity index is 1050. The molecule has 2 N–H and O–H groups in total. The minimum absolute atomic E-state index is 0. The Balaban J connectivity index is 0.00000272. The third kappa shape index (κ3) is 5.53. The fourth-order valence-corrected chi connectivity index (χ4v) is 4.03. The molecule has 1 amide bonds. The maximum Gasteiger partial charge on any atom is 0.255 e.